The van der Waals surface area contributed by atoms with E-state index in [9.17, 15) is 9.59 Å². The Kier molecular flexibility index (Phi) is 4.61. The number of aryl methyl sites for hydroxylation is 1. The molecule has 2 N–H and O–H groups in total. The summed E-state index contributed by atoms with van der Waals surface area (Å²) in [6.45, 7) is 5.04. The average molecular weight is 275 g/mol. The fourth-order valence-corrected chi connectivity index (χ4v) is 2.47. The summed E-state index contributed by atoms with van der Waals surface area (Å²) in [6, 6.07) is 7.07. The van der Waals surface area contributed by atoms with E-state index in [0.29, 0.717) is 13.1 Å². The maximum absolute atomic E-state index is 12.3. The van der Waals surface area contributed by atoms with Crippen molar-refractivity contribution in [2.45, 2.75) is 32.7 Å². The van der Waals surface area contributed by atoms with Crippen molar-refractivity contribution in [3.8, 4) is 0 Å². The first-order valence-electron chi connectivity index (χ1n) is 7.04. The Morgan fingerprint density at radius 1 is 1.35 bits per heavy atom. The predicted octanol–water partition coefficient (Wildman–Crippen LogP) is 2.13. The largest absolute Gasteiger partial charge is 0.355 e. The second-order valence-corrected chi connectivity index (χ2v) is 4.99. The van der Waals surface area contributed by atoms with Crippen molar-refractivity contribution >= 4 is 17.6 Å². The number of hydrogen-bond acceptors (Lipinski definition) is 2. The molecule has 3 amide bonds. The molecule has 2 rings (SSSR count). The zero-order valence-electron chi connectivity index (χ0n) is 12.0. The SMILES string of the molecule is CCNC(=O)C1CCCN1C(=O)Nc1ccccc1C. The highest BCUT2D eigenvalue weighted by atomic mass is 16.2. The number of nitrogens with one attached hydrogen (secondary N) is 2. The van der Waals surface area contributed by atoms with Gasteiger partial charge in [-0.3, -0.25) is 4.79 Å². The van der Waals surface area contributed by atoms with Gasteiger partial charge in [0.15, 0.2) is 0 Å². The van der Waals surface area contributed by atoms with Crippen molar-refractivity contribution in [3.63, 3.8) is 0 Å². The molecule has 1 aromatic carbocycles. The van der Waals surface area contributed by atoms with Crippen molar-refractivity contribution in [1.29, 1.82) is 0 Å². The van der Waals surface area contributed by atoms with Crippen LogP contribution in [0.2, 0.25) is 0 Å². The zero-order valence-corrected chi connectivity index (χ0v) is 12.0. The molecule has 0 saturated carbocycles. The molecule has 0 bridgehead atoms. The molecule has 108 valence electrons. The molecule has 1 aliphatic rings. The smallest absolute Gasteiger partial charge is 0.322 e. The molecule has 5 heteroatoms. The third kappa shape index (κ3) is 3.10. The van der Waals surface area contributed by atoms with Crippen molar-refractivity contribution in [2.24, 2.45) is 0 Å². The molecule has 0 radical (unpaired) electrons. The predicted molar refractivity (Wildman–Crippen MR) is 78.6 cm³/mol. The van der Waals surface area contributed by atoms with Gasteiger partial charge in [-0.05, 0) is 38.3 Å². The van der Waals surface area contributed by atoms with Gasteiger partial charge in [-0.25, -0.2) is 4.79 Å². The fraction of sp³-hybridized carbons (Fsp3) is 0.467. The van der Waals surface area contributed by atoms with E-state index in [0.717, 1.165) is 24.1 Å². The molecular formula is C15H21N3O2. The minimum atomic E-state index is -0.348. The topological polar surface area (TPSA) is 61.4 Å². The Labute approximate surface area is 119 Å². The molecule has 1 aromatic rings. The minimum absolute atomic E-state index is 0.0649. The number of para-hydroxylation sites is 1. The van der Waals surface area contributed by atoms with Crippen LogP contribution < -0.4 is 10.6 Å². The summed E-state index contributed by atoms with van der Waals surface area (Å²) in [5.74, 6) is -0.0649. The molecule has 0 aromatic heterocycles. The lowest BCUT2D eigenvalue weighted by Gasteiger charge is -2.24. The lowest BCUT2D eigenvalue weighted by atomic mass is 10.2. The third-order valence-corrected chi connectivity index (χ3v) is 3.55. The maximum atomic E-state index is 12.3. The molecule has 1 fully saturated rings. The highest BCUT2D eigenvalue weighted by Crippen LogP contribution is 2.20. The first kappa shape index (κ1) is 14.4. The van der Waals surface area contributed by atoms with E-state index in [4.69, 9.17) is 0 Å². The van der Waals surface area contributed by atoms with Crippen molar-refractivity contribution < 1.29 is 9.59 Å². The first-order chi connectivity index (χ1) is 9.63. The number of benzene rings is 1. The van der Waals surface area contributed by atoms with Crippen LogP contribution in [0.25, 0.3) is 0 Å². The van der Waals surface area contributed by atoms with E-state index >= 15 is 0 Å². The Hall–Kier alpha value is -2.04. The van der Waals surface area contributed by atoms with Crippen molar-refractivity contribution in [2.75, 3.05) is 18.4 Å². The van der Waals surface area contributed by atoms with Gasteiger partial charge in [0.25, 0.3) is 0 Å². The molecule has 1 aliphatic heterocycles. The van der Waals surface area contributed by atoms with Crippen LogP contribution in [0.4, 0.5) is 10.5 Å². The van der Waals surface area contributed by atoms with Crippen molar-refractivity contribution in [3.05, 3.63) is 29.8 Å². The second kappa shape index (κ2) is 6.41. The van der Waals surface area contributed by atoms with Gasteiger partial charge < -0.3 is 15.5 Å². The first-order valence-corrected chi connectivity index (χ1v) is 7.04. The molecular weight excluding hydrogens is 254 g/mol. The fourth-order valence-electron chi connectivity index (χ4n) is 2.47. The summed E-state index contributed by atoms with van der Waals surface area (Å²) in [6.07, 6.45) is 1.59. The monoisotopic (exact) mass is 275 g/mol. The minimum Gasteiger partial charge on any atom is -0.355 e. The van der Waals surface area contributed by atoms with E-state index in [1.807, 2.05) is 38.1 Å². The number of likely N-dealkylation sites (N-methyl/N-ethyl adjacent to an activating group) is 1. The molecule has 1 atom stereocenters. The maximum Gasteiger partial charge on any atom is 0.322 e. The van der Waals surface area contributed by atoms with Crippen LogP contribution >= 0.6 is 0 Å². The number of anilines is 1. The highest BCUT2D eigenvalue weighted by Gasteiger charge is 2.33. The van der Waals surface area contributed by atoms with E-state index in [1.54, 1.807) is 4.90 Å². The quantitative estimate of drug-likeness (QED) is 0.887. The summed E-state index contributed by atoms with van der Waals surface area (Å²) in [5.41, 5.74) is 1.80. The Morgan fingerprint density at radius 2 is 2.10 bits per heavy atom. The normalized spacial score (nSPS) is 17.9. The number of carbonyl (C=O) groups is 2. The Balaban J connectivity index is 2.05. The van der Waals surface area contributed by atoms with E-state index in [-0.39, 0.29) is 18.0 Å². The molecule has 1 heterocycles. The summed E-state index contributed by atoms with van der Waals surface area (Å²) in [7, 11) is 0. The van der Waals surface area contributed by atoms with Gasteiger partial charge >= 0.3 is 6.03 Å². The van der Waals surface area contributed by atoms with Crippen LogP contribution in [-0.4, -0.2) is 36.0 Å². The molecule has 1 saturated heterocycles. The van der Waals surface area contributed by atoms with Gasteiger partial charge in [-0.1, -0.05) is 18.2 Å². The van der Waals surface area contributed by atoms with Gasteiger partial charge in [-0.15, -0.1) is 0 Å². The van der Waals surface area contributed by atoms with E-state index in [2.05, 4.69) is 10.6 Å². The summed E-state index contributed by atoms with van der Waals surface area (Å²) in [5, 5.41) is 5.67. The number of likely N-dealkylation sites (tertiary alicyclic amines) is 1. The Bertz CT molecular complexity index is 502. The highest BCUT2D eigenvalue weighted by molar-refractivity contribution is 5.94. The Morgan fingerprint density at radius 3 is 2.80 bits per heavy atom. The number of nitrogens with zero attached hydrogens (tertiary/aromatic N) is 1. The van der Waals surface area contributed by atoms with Crippen LogP contribution in [0.3, 0.4) is 0 Å². The average Bonchev–Trinajstić information content (AvgIpc) is 2.91. The lowest BCUT2D eigenvalue weighted by Crippen LogP contribution is -2.47. The number of urea groups is 1. The molecule has 20 heavy (non-hydrogen) atoms. The lowest BCUT2D eigenvalue weighted by molar-refractivity contribution is -0.124. The zero-order chi connectivity index (χ0) is 14.5. The van der Waals surface area contributed by atoms with Gasteiger partial charge in [0, 0.05) is 18.8 Å². The van der Waals surface area contributed by atoms with E-state index < -0.39 is 0 Å². The van der Waals surface area contributed by atoms with Gasteiger partial charge in [0.1, 0.15) is 6.04 Å². The van der Waals surface area contributed by atoms with Gasteiger partial charge in [0.05, 0.1) is 0 Å². The molecule has 0 aliphatic carbocycles. The second-order valence-electron chi connectivity index (χ2n) is 4.99. The van der Waals surface area contributed by atoms with Crippen LogP contribution in [-0.2, 0) is 4.79 Å². The summed E-state index contributed by atoms with van der Waals surface area (Å²) in [4.78, 5) is 25.9. The molecule has 5 nitrogen and oxygen atoms in total. The van der Waals surface area contributed by atoms with Crippen molar-refractivity contribution in [1.82, 2.24) is 10.2 Å². The standard InChI is InChI=1S/C15H21N3O2/c1-3-16-14(19)13-9-6-10-18(13)15(20)17-12-8-5-4-7-11(12)2/h4-5,7-8,13H,3,6,9-10H2,1-2H3,(H,16,19)(H,17,20). The number of rotatable bonds is 3. The summed E-state index contributed by atoms with van der Waals surface area (Å²) < 4.78 is 0. The number of carbonyl (C=O) groups excluding carboxylic acids is 2. The van der Waals surface area contributed by atoms with Crippen LogP contribution in [0.1, 0.15) is 25.3 Å². The number of amides is 3. The molecule has 0 spiro atoms. The molecule has 1 unspecified atom stereocenters. The third-order valence-electron chi connectivity index (χ3n) is 3.55. The number of hydrogen-bond donors (Lipinski definition) is 2. The van der Waals surface area contributed by atoms with E-state index in [1.165, 1.54) is 0 Å². The van der Waals surface area contributed by atoms with Gasteiger partial charge in [-0.2, -0.15) is 0 Å². The van der Waals surface area contributed by atoms with Gasteiger partial charge in [0.2, 0.25) is 5.91 Å². The van der Waals surface area contributed by atoms with Crippen LogP contribution in [0.5, 0.6) is 0 Å². The summed E-state index contributed by atoms with van der Waals surface area (Å²) >= 11 is 0. The van der Waals surface area contributed by atoms with Crippen LogP contribution in [0, 0.1) is 6.92 Å². The van der Waals surface area contributed by atoms with Crippen LogP contribution in [0.15, 0.2) is 24.3 Å².